The van der Waals surface area contributed by atoms with Crippen LogP contribution in [-0.4, -0.2) is 39.6 Å². The van der Waals surface area contributed by atoms with E-state index < -0.39 is 0 Å². The lowest BCUT2D eigenvalue weighted by Gasteiger charge is -2.21. The second-order valence-electron chi connectivity index (χ2n) is 7.51. The van der Waals surface area contributed by atoms with Gasteiger partial charge in [-0.3, -0.25) is 9.78 Å². The Bertz CT molecular complexity index is 1190. The van der Waals surface area contributed by atoms with E-state index >= 15 is 0 Å². The van der Waals surface area contributed by atoms with Gasteiger partial charge in [-0.05, 0) is 48.2 Å². The SMILES string of the molecule is CCN(Cc1ccc(OCc2cccs2)c(OC)c1)C(=O)CCc1nc(-c2ccncc2)no1. The fourth-order valence-electron chi connectivity index (χ4n) is 3.42. The molecule has 0 atom stereocenters. The Hall–Kier alpha value is -3.72. The number of rotatable bonds is 11. The van der Waals surface area contributed by atoms with Crippen LogP contribution >= 0.6 is 11.3 Å². The predicted octanol–water partition coefficient (Wildman–Crippen LogP) is 4.76. The third-order valence-corrected chi connectivity index (χ3v) is 6.10. The second kappa shape index (κ2) is 11.4. The molecule has 4 aromatic rings. The molecule has 0 saturated carbocycles. The molecule has 0 bridgehead atoms. The van der Waals surface area contributed by atoms with Gasteiger partial charge in [0.1, 0.15) is 6.61 Å². The van der Waals surface area contributed by atoms with Crippen molar-refractivity contribution in [3.63, 3.8) is 0 Å². The zero-order valence-electron chi connectivity index (χ0n) is 19.1. The molecule has 0 aliphatic heterocycles. The Morgan fingerprint density at radius 3 is 2.74 bits per heavy atom. The minimum Gasteiger partial charge on any atom is -0.493 e. The first-order chi connectivity index (χ1) is 16.7. The molecule has 0 aliphatic rings. The summed E-state index contributed by atoms with van der Waals surface area (Å²) in [6, 6.07) is 13.4. The molecule has 0 saturated heterocycles. The van der Waals surface area contributed by atoms with Gasteiger partial charge in [-0.25, -0.2) is 0 Å². The van der Waals surface area contributed by atoms with Crippen LogP contribution in [0.25, 0.3) is 11.4 Å². The Morgan fingerprint density at radius 2 is 2.00 bits per heavy atom. The molecule has 0 N–H and O–H groups in total. The van der Waals surface area contributed by atoms with E-state index in [1.54, 1.807) is 35.7 Å². The minimum absolute atomic E-state index is 0.0168. The monoisotopic (exact) mass is 478 g/mol. The van der Waals surface area contributed by atoms with Gasteiger partial charge in [-0.1, -0.05) is 17.3 Å². The normalized spacial score (nSPS) is 10.8. The highest BCUT2D eigenvalue weighted by molar-refractivity contribution is 7.09. The lowest BCUT2D eigenvalue weighted by atomic mass is 10.1. The van der Waals surface area contributed by atoms with E-state index in [1.807, 2.05) is 54.8 Å². The number of carbonyl (C=O) groups excluding carboxylic acids is 1. The number of benzene rings is 1. The fourth-order valence-corrected chi connectivity index (χ4v) is 4.03. The number of ether oxygens (including phenoxy) is 2. The number of aromatic nitrogens is 3. The molecule has 0 aliphatic carbocycles. The smallest absolute Gasteiger partial charge is 0.227 e. The van der Waals surface area contributed by atoms with E-state index in [0.29, 0.717) is 49.3 Å². The Balaban J connectivity index is 1.34. The number of hydrogen-bond acceptors (Lipinski definition) is 8. The van der Waals surface area contributed by atoms with Crippen molar-refractivity contribution in [1.82, 2.24) is 20.0 Å². The molecule has 3 aromatic heterocycles. The number of hydrogen-bond donors (Lipinski definition) is 0. The lowest BCUT2D eigenvalue weighted by molar-refractivity contribution is -0.131. The number of methoxy groups -OCH3 is 1. The third-order valence-electron chi connectivity index (χ3n) is 5.25. The molecule has 3 heterocycles. The van der Waals surface area contributed by atoms with Gasteiger partial charge < -0.3 is 18.9 Å². The molecule has 0 unspecified atom stereocenters. The summed E-state index contributed by atoms with van der Waals surface area (Å²) in [6.45, 7) is 3.51. The van der Waals surface area contributed by atoms with Crippen LogP contribution in [0.2, 0.25) is 0 Å². The highest BCUT2D eigenvalue weighted by atomic mass is 32.1. The van der Waals surface area contributed by atoms with E-state index in [9.17, 15) is 4.79 Å². The molecule has 1 amide bonds. The zero-order chi connectivity index (χ0) is 23.8. The first kappa shape index (κ1) is 23.4. The number of thiophene rings is 1. The van der Waals surface area contributed by atoms with Crippen molar-refractivity contribution in [1.29, 1.82) is 0 Å². The van der Waals surface area contributed by atoms with Crippen LogP contribution in [0.1, 0.15) is 29.7 Å². The van der Waals surface area contributed by atoms with E-state index in [2.05, 4.69) is 15.1 Å². The summed E-state index contributed by atoms with van der Waals surface area (Å²) >= 11 is 1.65. The van der Waals surface area contributed by atoms with Gasteiger partial charge in [0, 0.05) is 48.8 Å². The van der Waals surface area contributed by atoms with Crippen LogP contribution in [-0.2, 0) is 24.4 Å². The van der Waals surface area contributed by atoms with E-state index in [4.69, 9.17) is 14.0 Å². The standard InChI is InChI=1S/C25H26N4O4S/c1-3-29(24(30)9-8-23-27-25(28-33-23)19-10-12-26-13-11-19)16-18-6-7-21(22(15-18)31-2)32-17-20-5-4-14-34-20/h4-7,10-15H,3,8-9,16-17H2,1-2H3. The van der Waals surface area contributed by atoms with Gasteiger partial charge in [0.05, 0.1) is 7.11 Å². The molecular formula is C25H26N4O4S. The molecular weight excluding hydrogens is 452 g/mol. The highest BCUT2D eigenvalue weighted by Gasteiger charge is 2.16. The van der Waals surface area contributed by atoms with Gasteiger partial charge in [-0.2, -0.15) is 4.98 Å². The summed E-state index contributed by atoms with van der Waals surface area (Å²) in [5.41, 5.74) is 1.79. The van der Waals surface area contributed by atoms with E-state index in [0.717, 1.165) is 16.0 Å². The van der Waals surface area contributed by atoms with Crippen molar-refractivity contribution in [3.05, 3.63) is 76.6 Å². The third kappa shape index (κ3) is 5.99. The van der Waals surface area contributed by atoms with Crippen molar-refractivity contribution >= 4 is 17.2 Å². The van der Waals surface area contributed by atoms with Crippen LogP contribution in [0, 0.1) is 0 Å². The second-order valence-corrected chi connectivity index (χ2v) is 8.54. The Labute approximate surface area is 202 Å². The van der Waals surface area contributed by atoms with Crippen molar-refractivity contribution in [3.8, 4) is 22.9 Å². The average molecular weight is 479 g/mol. The van der Waals surface area contributed by atoms with Crippen LogP contribution < -0.4 is 9.47 Å². The molecule has 34 heavy (non-hydrogen) atoms. The predicted molar refractivity (Wildman–Crippen MR) is 129 cm³/mol. The number of pyridine rings is 1. The summed E-state index contributed by atoms with van der Waals surface area (Å²) in [5, 5.41) is 6.01. The summed E-state index contributed by atoms with van der Waals surface area (Å²) in [4.78, 5) is 24.2. The molecule has 9 heteroatoms. The number of aryl methyl sites for hydroxylation is 1. The van der Waals surface area contributed by atoms with Crippen LogP contribution in [0.3, 0.4) is 0 Å². The summed E-state index contributed by atoms with van der Waals surface area (Å²) < 4.78 is 16.7. The molecule has 1 aromatic carbocycles. The van der Waals surface area contributed by atoms with E-state index in [-0.39, 0.29) is 12.3 Å². The van der Waals surface area contributed by atoms with Crippen molar-refractivity contribution in [2.75, 3.05) is 13.7 Å². The maximum absolute atomic E-state index is 12.9. The average Bonchev–Trinajstić information content (AvgIpc) is 3.58. The number of amides is 1. The van der Waals surface area contributed by atoms with Gasteiger partial charge >= 0.3 is 0 Å². The zero-order valence-corrected chi connectivity index (χ0v) is 20.0. The maximum atomic E-state index is 12.9. The van der Waals surface area contributed by atoms with Gasteiger partial charge in [0.15, 0.2) is 11.5 Å². The first-order valence-corrected chi connectivity index (χ1v) is 11.9. The molecule has 0 fully saturated rings. The largest absolute Gasteiger partial charge is 0.493 e. The fraction of sp³-hybridized carbons (Fsp3) is 0.280. The van der Waals surface area contributed by atoms with Crippen LogP contribution in [0.15, 0.2) is 64.8 Å². The van der Waals surface area contributed by atoms with Gasteiger partial charge in [0.25, 0.3) is 0 Å². The van der Waals surface area contributed by atoms with Gasteiger partial charge in [-0.15, -0.1) is 11.3 Å². The minimum atomic E-state index is 0.0168. The van der Waals surface area contributed by atoms with Crippen molar-refractivity contribution in [2.45, 2.75) is 32.9 Å². The van der Waals surface area contributed by atoms with Gasteiger partial charge in [0.2, 0.25) is 17.6 Å². The molecule has 176 valence electrons. The molecule has 8 nitrogen and oxygen atoms in total. The topological polar surface area (TPSA) is 90.6 Å². The van der Waals surface area contributed by atoms with Crippen molar-refractivity contribution < 1.29 is 18.8 Å². The molecule has 0 radical (unpaired) electrons. The Morgan fingerprint density at radius 1 is 1.15 bits per heavy atom. The van der Waals surface area contributed by atoms with Crippen LogP contribution in [0.5, 0.6) is 11.5 Å². The molecule has 0 spiro atoms. The summed E-state index contributed by atoms with van der Waals surface area (Å²) in [6.07, 6.45) is 4.01. The summed E-state index contributed by atoms with van der Waals surface area (Å²) in [7, 11) is 1.62. The maximum Gasteiger partial charge on any atom is 0.227 e. The number of carbonyl (C=O) groups is 1. The lowest BCUT2D eigenvalue weighted by Crippen LogP contribution is -2.30. The van der Waals surface area contributed by atoms with Crippen LogP contribution in [0.4, 0.5) is 0 Å². The quantitative estimate of drug-likeness (QED) is 0.307. The Kier molecular flexibility index (Phi) is 7.87. The summed E-state index contributed by atoms with van der Waals surface area (Å²) in [5.74, 6) is 2.27. The van der Waals surface area contributed by atoms with E-state index in [1.165, 1.54) is 0 Å². The molecule has 4 rings (SSSR count). The number of nitrogens with zero attached hydrogens (tertiary/aromatic N) is 4. The first-order valence-electron chi connectivity index (χ1n) is 11.0. The highest BCUT2D eigenvalue weighted by Crippen LogP contribution is 2.30. The van der Waals surface area contributed by atoms with Crippen molar-refractivity contribution in [2.24, 2.45) is 0 Å².